The van der Waals surface area contributed by atoms with Gasteiger partial charge in [0.2, 0.25) is 0 Å². The maximum Gasteiger partial charge on any atom is 0.147 e. The molecule has 0 fully saturated rings. The molecule has 3 aromatic rings. The molecule has 0 bridgehead atoms. The number of aromatic nitrogens is 3. The molecule has 0 aliphatic heterocycles. The average molecular weight is 431 g/mol. The maximum absolute atomic E-state index is 13.1. The van der Waals surface area contributed by atoms with E-state index < -0.39 is 11.9 Å². The van der Waals surface area contributed by atoms with Crippen LogP contribution in [0, 0.1) is 5.82 Å². The molecule has 158 valence electrons. The molecule has 1 atom stereocenters. The molecule has 0 radical (unpaired) electrons. The lowest BCUT2D eigenvalue weighted by Crippen LogP contribution is -2.13. The first-order valence-corrected chi connectivity index (χ1v) is 9.96. The van der Waals surface area contributed by atoms with Gasteiger partial charge < -0.3 is 9.84 Å². The van der Waals surface area contributed by atoms with E-state index in [1.807, 2.05) is 19.2 Å². The summed E-state index contributed by atoms with van der Waals surface area (Å²) in [6.45, 7) is 6.13. The summed E-state index contributed by atoms with van der Waals surface area (Å²) in [5, 5.41) is 15.1. The van der Waals surface area contributed by atoms with E-state index >= 15 is 0 Å². The molecule has 1 unspecified atom stereocenters. The summed E-state index contributed by atoms with van der Waals surface area (Å²) >= 11 is 6.31. The first kappa shape index (κ1) is 21.9. The van der Waals surface area contributed by atoms with Crippen molar-refractivity contribution in [2.75, 3.05) is 13.7 Å². The van der Waals surface area contributed by atoms with Crippen LogP contribution in [0.25, 0.3) is 5.52 Å². The predicted molar refractivity (Wildman–Crippen MR) is 116 cm³/mol. The third-order valence-corrected chi connectivity index (χ3v) is 5.32. The molecular formula is C22H24ClFN4O2. The van der Waals surface area contributed by atoms with Crippen molar-refractivity contribution in [3.05, 3.63) is 70.0 Å². The second-order valence-corrected chi connectivity index (χ2v) is 7.35. The van der Waals surface area contributed by atoms with Crippen LogP contribution in [0.15, 0.2) is 52.9 Å². The van der Waals surface area contributed by atoms with Gasteiger partial charge in [0, 0.05) is 18.8 Å². The van der Waals surface area contributed by atoms with Crippen molar-refractivity contribution in [2.24, 2.45) is 4.99 Å². The third-order valence-electron chi connectivity index (χ3n) is 5.04. The van der Waals surface area contributed by atoms with Gasteiger partial charge in [0.25, 0.3) is 0 Å². The number of halogens is 2. The van der Waals surface area contributed by atoms with Crippen molar-refractivity contribution in [3.63, 3.8) is 0 Å². The number of rotatable bonds is 7. The number of aliphatic imine (C=N–C) groups is 1. The van der Waals surface area contributed by atoms with E-state index in [2.05, 4.69) is 28.9 Å². The Balaban J connectivity index is 1.97. The Kier molecular flexibility index (Phi) is 6.84. The molecule has 0 saturated heterocycles. The van der Waals surface area contributed by atoms with Crippen molar-refractivity contribution in [3.8, 4) is 5.75 Å². The van der Waals surface area contributed by atoms with E-state index in [9.17, 15) is 9.50 Å². The van der Waals surface area contributed by atoms with Crippen LogP contribution >= 0.6 is 11.6 Å². The highest BCUT2D eigenvalue weighted by Gasteiger charge is 2.17. The van der Waals surface area contributed by atoms with E-state index in [0.717, 1.165) is 29.5 Å². The zero-order valence-corrected chi connectivity index (χ0v) is 18.1. The van der Waals surface area contributed by atoms with Crippen LogP contribution in [-0.4, -0.2) is 39.1 Å². The molecule has 8 heteroatoms. The van der Waals surface area contributed by atoms with Crippen molar-refractivity contribution in [1.82, 2.24) is 14.6 Å². The number of pyridine rings is 2. The van der Waals surface area contributed by atoms with Crippen LogP contribution < -0.4 is 4.74 Å². The van der Waals surface area contributed by atoms with Crippen molar-refractivity contribution in [2.45, 2.75) is 33.3 Å². The molecule has 0 aromatic carbocycles. The molecule has 0 aliphatic carbocycles. The van der Waals surface area contributed by atoms with Gasteiger partial charge in [0.05, 0.1) is 28.8 Å². The Morgan fingerprint density at radius 2 is 2.10 bits per heavy atom. The van der Waals surface area contributed by atoms with Gasteiger partial charge >= 0.3 is 0 Å². The zero-order chi connectivity index (χ0) is 21.8. The summed E-state index contributed by atoms with van der Waals surface area (Å²) in [7, 11) is 1.74. The van der Waals surface area contributed by atoms with Crippen LogP contribution in [-0.2, 0) is 0 Å². The number of hydrogen-bond acceptors (Lipinski definition) is 5. The molecule has 0 aliphatic rings. The Hall–Kier alpha value is -2.77. The highest BCUT2D eigenvalue weighted by atomic mass is 35.5. The lowest BCUT2D eigenvalue weighted by molar-refractivity contribution is 0.105. The minimum atomic E-state index is -1.03. The van der Waals surface area contributed by atoms with Gasteiger partial charge in [-0.05, 0) is 44.0 Å². The van der Waals surface area contributed by atoms with Gasteiger partial charge in [-0.15, -0.1) is 0 Å². The van der Waals surface area contributed by atoms with Gasteiger partial charge in [-0.2, -0.15) is 5.10 Å². The molecule has 6 nitrogen and oxygen atoms in total. The Morgan fingerprint density at radius 3 is 2.73 bits per heavy atom. The summed E-state index contributed by atoms with van der Waals surface area (Å²) in [5.74, 6) is -0.0104. The lowest BCUT2D eigenvalue weighted by Gasteiger charge is -2.16. The Bertz CT molecular complexity index is 1110. The molecule has 3 heterocycles. The quantitative estimate of drug-likeness (QED) is 0.546. The topological polar surface area (TPSA) is 72.0 Å². The normalized spacial score (nSPS) is 14.0. The number of allylic oxidation sites excluding steroid dienone is 2. The number of fused-ring (bicyclic) bond motifs is 1. The summed E-state index contributed by atoms with van der Waals surface area (Å²) in [6.07, 6.45) is 4.33. The molecule has 3 aromatic heterocycles. The fourth-order valence-electron chi connectivity index (χ4n) is 3.11. The molecule has 0 spiro atoms. The largest absolute Gasteiger partial charge is 0.488 e. The van der Waals surface area contributed by atoms with E-state index in [1.54, 1.807) is 11.6 Å². The van der Waals surface area contributed by atoms with Gasteiger partial charge in [-0.3, -0.25) is 9.98 Å². The lowest BCUT2D eigenvalue weighted by atomic mass is 9.99. The van der Waals surface area contributed by atoms with Crippen molar-refractivity contribution < 1.29 is 14.2 Å². The summed E-state index contributed by atoms with van der Waals surface area (Å²) in [4.78, 5) is 8.36. The van der Waals surface area contributed by atoms with Crippen LogP contribution in [0.4, 0.5) is 4.39 Å². The fourth-order valence-corrected chi connectivity index (χ4v) is 3.33. The first-order valence-electron chi connectivity index (χ1n) is 9.58. The smallest absolute Gasteiger partial charge is 0.147 e. The minimum absolute atomic E-state index is 0.0827. The van der Waals surface area contributed by atoms with E-state index in [0.29, 0.717) is 22.0 Å². The van der Waals surface area contributed by atoms with E-state index in [4.69, 9.17) is 16.3 Å². The molecular weight excluding hydrogens is 407 g/mol. The second-order valence-electron chi connectivity index (χ2n) is 6.94. The van der Waals surface area contributed by atoms with E-state index in [1.165, 1.54) is 23.9 Å². The highest BCUT2D eigenvalue weighted by Crippen LogP contribution is 2.30. The average Bonchev–Trinajstić information content (AvgIpc) is 3.13. The number of nitrogens with zero attached hydrogens (tertiary/aromatic N) is 4. The number of aliphatic hydroxyl groups is 1. The Labute approximate surface area is 179 Å². The number of ether oxygens (including phenoxy) is 1. The second kappa shape index (κ2) is 9.36. The van der Waals surface area contributed by atoms with Gasteiger partial charge in [-0.1, -0.05) is 24.1 Å². The standard InChI is InChI=1S/C22H24ClFN4O2/c1-5-13(2)14(3)21(25-4)15-8-20(22-17(23)10-27-28(22)11-15)30-12-19(29)18-7-6-16(24)9-26-18/h6-11,19,29H,5,12H2,1-4H3/b14-13+,25-21?. The summed E-state index contributed by atoms with van der Waals surface area (Å²) in [5.41, 5.74) is 4.86. The summed E-state index contributed by atoms with van der Waals surface area (Å²) in [6, 6.07) is 4.50. The fraction of sp³-hybridized carbons (Fsp3) is 0.318. The van der Waals surface area contributed by atoms with Crippen molar-refractivity contribution in [1.29, 1.82) is 0 Å². The maximum atomic E-state index is 13.1. The van der Waals surface area contributed by atoms with Crippen LogP contribution in [0.1, 0.15) is 44.6 Å². The Morgan fingerprint density at radius 1 is 1.33 bits per heavy atom. The predicted octanol–water partition coefficient (Wildman–Crippen LogP) is 4.80. The van der Waals surface area contributed by atoms with Crippen LogP contribution in [0.2, 0.25) is 5.02 Å². The third kappa shape index (κ3) is 4.52. The van der Waals surface area contributed by atoms with Crippen LogP contribution in [0.5, 0.6) is 5.75 Å². The van der Waals surface area contributed by atoms with Crippen LogP contribution in [0.3, 0.4) is 0 Å². The van der Waals surface area contributed by atoms with Gasteiger partial charge in [0.1, 0.15) is 29.8 Å². The summed E-state index contributed by atoms with van der Waals surface area (Å²) < 4.78 is 20.6. The minimum Gasteiger partial charge on any atom is -0.488 e. The first-order chi connectivity index (χ1) is 14.3. The molecule has 0 amide bonds. The number of aliphatic hydroxyl groups excluding tert-OH is 1. The molecule has 1 N–H and O–H groups in total. The number of hydrogen-bond donors (Lipinski definition) is 1. The van der Waals surface area contributed by atoms with Crippen molar-refractivity contribution >= 4 is 22.8 Å². The van der Waals surface area contributed by atoms with Gasteiger partial charge in [0.15, 0.2) is 0 Å². The molecule has 30 heavy (non-hydrogen) atoms. The highest BCUT2D eigenvalue weighted by molar-refractivity contribution is 6.34. The molecule has 0 saturated carbocycles. The monoisotopic (exact) mass is 430 g/mol. The zero-order valence-electron chi connectivity index (χ0n) is 17.4. The van der Waals surface area contributed by atoms with E-state index in [-0.39, 0.29) is 6.61 Å². The SMILES string of the molecule is CC/C(C)=C(\C)C(=NC)c1cc(OCC(O)c2ccc(F)cn2)c2c(Cl)cnn2c1. The van der Waals surface area contributed by atoms with Gasteiger partial charge in [-0.25, -0.2) is 8.91 Å². The molecule has 3 rings (SSSR count).